The molecule has 0 nitrogen and oxygen atoms in total. The molecule has 0 saturated heterocycles. The molecule has 0 amide bonds. The van der Waals surface area contributed by atoms with Gasteiger partial charge in [0.15, 0.2) is 0 Å². The summed E-state index contributed by atoms with van der Waals surface area (Å²) in [7, 11) is 0. The molecule has 66 heavy (non-hydrogen) atoms. The van der Waals surface area contributed by atoms with Gasteiger partial charge in [-0.1, -0.05) is 224 Å². The van der Waals surface area contributed by atoms with Gasteiger partial charge in [-0.15, -0.1) is 0 Å². The Kier molecular flexibility index (Phi) is 8.36. The molecule has 13 rings (SSSR count). The van der Waals surface area contributed by atoms with Crippen LogP contribution in [-0.2, 0) is 10.8 Å². The number of rotatable bonds is 4. The van der Waals surface area contributed by atoms with Crippen molar-refractivity contribution in [3.8, 4) is 33.4 Å². The maximum atomic E-state index is 2.52. The summed E-state index contributed by atoms with van der Waals surface area (Å²) in [6.07, 6.45) is 0. The number of fused-ring (bicyclic) bond motifs is 3. The van der Waals surface area contributed by atoms with E-state index in [-0.39, 0.29) is 22.7 Å². The van der Waals surface area contributed by atoms with Gasteiger partial charge in [0, 0.05) is 11.8 Å². The molecule has 2 unspecified atom stereocenters. The predicted molar refractivity (Wildman–Crippen MR) is 284 cm³/mol. The highest BCUT2D eigenvalue weighted by molar-refractivity contribution is 6.27. The molecule has 2 atom stereocenters. The highest BCUT2D eigenvalue weighted by atomic mass is 14.4. The van der Waals surface area contributed by atoms with Crippen LogP contribution in [0.25, 0.3) is 98.0 Å². The lowest BCUT2D eigenvalue weighted by atomic mass is 9.66. The summed E-state index contributed by atoms with van der Waals surface area (Å²) in [5.74, 6) is 0.281. The quantitative estimate of drug-likeness (QED) is 0.155. The lowest BCUT2D eigenvalue weighted by molar-refractivity contribution is 0.591. The van der Waals surface area contributed by atoms with Gasteiger partial charge in [-0.3, -0.25) is 0 Å². The fourth-order valence-corrected chi connectivity index (χ4v) is 11.9. The maximum absolute atomic E-state index is 2.52. The fraction of sp³-hybridized carbons (Fsp3) is 0.152. The lowest BCUT2D eigenvalue weighted by Crippen LogP contribution is -2.20. The van der Waals surface area contributed by atoms with E-state index < -0.39 is 0 Å². The van der Waals surface area contributed by atoms with E-state index in [1.54, 1.807) is 0 Å². The van der Waals surface area contributed by atoms with E-state index in [9.17, 15) is 0 Å². The van der Waals surface area contributed by atoms with Gasteiger partial charge in [0.25, 0.3) is 0 Å². The van der Waals surface area contributed by atoms with E-state index in [0.29, 0.717) is 0 Å². The molecule has 0 heterocycles. The molecule has 0 bridgehead atoms. The predicted octanol–water partition coefficient (Wildman–Crippen LogP) is 18.4. The van der Waals surface area contributed by atoms with Crippen LogP contribution in [0.1, 0.15) is 86.8 Å². The van der Waals surface area contributed by atoms with Crippen molar-refractivity contribution in [2.24, 2.45) is 0 Å². The first kappa shape index (κ1) is 39.1. The maximum Gasteiger partial charge on any atom is 0.0205 e. The van der Waals surface area contributed by atoms with E-state index in [2.05, 4.69) is 236 Å². The Labute approximate surface area is 387 Å². The van der Waals surface area contributed by atoms with Crippen LogP contribution in [0.5, 0.6) is 0 Å². The van der Waals surface area contributed by atoms with Crippen molar-refractivity contribution >= 4 is 64.6 Å². The zero-order valence-corrected chi connectivity index (χ0v) is 38.6. The first-order valence-corrected chi connectivity index (χ1v) is 23.8. The summed E-state index contributed by atoms with van der Waals surface area (Å²) in [5.41, 5.74) is 16.0. The molecule has 0 aliphatic heterocycles. The van der Waals surface area contributed by atoms with Gasteiger partial charge in [0.1, 0.15) is 0 Å². The molecular weight excluding hydrogens is 793 g/mol. The van der Waals surface area contributed by atoms with Crippen molar-refractivity contribution in [2.75, 3.05) is 0 Å². The van der Waals surface area contributed by atoms with Crippen LogP contribution < -0.4 is 0 Å². The van der Waals surface area contributed by atoms with Gasteiger partial charge in [-0.2, -0.15) is 0 Å². The highest BCUT2D eigenvalue weighted by Gasteiger charge is 2.36. The third kappa shape index (κ3) is 5.90. The molecule has 0 aromatic heterocycles. The van der Waals surface area contributed by atoms with Gasteiger partial charge < -0.3 is 0 Å². The average Bonchev–Trinajstić information content (AvgIpc) is 3.33. The molecular formula is C66H52. The van der Waals surface area contributed by atoms with Gasteiger partial charge in [-0.25, -0.2) is 0 Å². The first-order chi connectivity index (χ1) is 32.0. The topological polar surface area (TPSA) is 0 Å². The Morgan fingerprint density at radius 2 is 0.636 bits per heavy atom. The Hall–Kier alpha value is -7.28. The van der Waals surface area contributed by atoms with E-state index >= 15 is 0 Å². The van der Waals surface area contributed by atoms with Gasteiger partial charge in [0.05, 0.1) is 0 Å². The largest absolute Gasteiger partial charge is 0.0622 e. The van der Waals surface area contributed by atoms with Crippen molar-refractivity contribution < 1.29 is 0 Å². The minimum absolute atomic E-state index is 0.0719. The third-order valence-corrected chi connectivity index (χ3v) is 15.3. The molecule has 0 radical (unpaired) electrons. The van der Waals surface area contributed by atoms with Crippen molar-refractivity contribution in [1.29, 1.82) is 0 Å². The minimum Gasteiger partial charge on any atom is -0.0622 e. The summed E-state index contributed by atoms with van der Waals surface area (Å²) in [5, 5.41) is 15.9. The molecule has 12 aromatic rings. The molecule has 0 spiro atoms. The van der Waals surface area contributed by atoms with Gasteiger partial charge in [-0.05, 0) is 154 Å². The zero-order chi connectivity index (χ0) is 44.6. The number of benzene rings is 12. The molecule has 0 N–H and O–H groups in total. The SMILES string of the molecule is CC(C)(C)c1cc2ccc3ccc(-c4ccc5c(c4)-c4cc(-c6ccc7ccc8cc(C(C)(C)C)cc9ccc6c7c89)ccc4C(c4ccccc4)C5c4ccccc4)c4ccc(c1)c2c34. The van der Waals surface area contributed by atoms with E-state index in [0.717, 1.165) is 0 Å². The van der Waals surface area contributed by atoms with Crippen LogP contribution in [0.15, 0.2) is 194 Å². The van der Waals surface area contributed by atoms with Crippen LogP contribution in [0.2, 0.25) is 0 Å². The summed E-state index contributed by atoms with van der Waals surface area (Å²) < 4.78 is 0. The monoisotopic (exact) mass is 844 g/mol. The zero-order valence-electron chi connectivity index (χ0n) is 38.6. The highest BCUT2D eigenvalue weighted by Crippen LogP contribution is 2.55. The van der Waals surface area contributed by atoms with E-state index in [4.69, 9.17) is 0 Å². The molecule has 1 aliphatic rings. The molecule has 0 saturated carbocycles. The van der Waals surface area contributed by atoms with Crippen molar-refractivity contribution in [3.63, 3.8) is 0 Å². The second kappa shape index (κ2) is 14.1. The van der Waals surface area contributed by atoms with Crippen LogP contribution in [0.3, 0.4) is 0 Å². The Morgan fingerprint density at radius 1 is 0.288 bits per heavy atom. The number of hydrogen-bond acceptors (Lipinski definition) is 0. The Morgan fingerprint density at radius 3 is 1.02 bits per heavy atom. The van der Waals surface area contributed by atoms with Crippen molar-refractivity contribution in [1.82, 2.24) is 0 Å². The van der Waals surface area contributed by atoms with E-state index in [1.165, 1.54) is 131 Å². The standard InChI is InChI=1S/C66H52/c1-65(2,3)49-33-45-19-17-41-21-27-51(53-31-25-47(35-49)59(45)61(41)53)43-23-29-55-57(37-43)58-38-44(24-30-56(58)64(40-15-11-8-12-16-40)63(55)39-13-9-7-10-14-39)52-28-22-42-18-20-46-34-50(66(4,5)6)36-48-26-32-54(52)62(42)60(46)48/h7-38,63-64H,1-6H3. The molecule has 0 heteroatoms. The summed E-state index contributed by atoms with van der Waals surface area (Å²) in [4.78, 5) is 0. The first-order valence-electron chi connectivity index (χ1n) is 23.8. The molecule has 1 aliphatic carbocycles. The van der Waals surface area contributed by atoms with Crippen LogP contribution in [0, 0.1) is 0 Å². The normalized spacial score (nSPS) is 15.4. The van der Waals surface area contributed by atoms with Gasteiger partial charge >= 0.3 is 0 Å². The average molecular weight is 845 g/mol. The summed E-state index contributed by atoms with van der Waals surface area (Å²) >= 11 is 0. The molecule has 316 valence electrons. The smallest absolute Gasteiger partial charge is 0.0205 e. The summed E-state index contributed by atoms with van der Waals surface area (Å²) in [6.45, 7) is 13.9. The van der Waals surface area contributed by atoms with Crippen LogP contribution >= 0.6 is 0 Å². The van der Waals surface area contributed by atoms with Crippen molar-refractivity contribution in [3.05, 3.63) is 228 Å². The van der Waals surface area contributed by atoms with Crippen LogP contribution in [0.4, 0.5) is 0 Å². The number of hydrogen-bond donors (Lipinski definition) is 0. The lowest BCUT2D eigenvalue weighted by Gasteiger charge is -2.37. The minimum atomic E-state index is 0.0719. The second-order valence-electron chi connectivity index (χ2n) is 21.3. The second-order valence-corrected chi connectivity index (χ2v) is 21.3. The third-order valence-electron chi connectivity index (χ3n) is 15.3. The summed E-state index contributed by atoms with van der Waals surface area (Å²) in [6, 6.07) is 75.1. The van der Waals surface area contributed by atoms with E-state index in [1.807, 2.05) is 0 Å². The molecule has 12 aromatic carbocycles. The van der Waals surface area contributed by atoms with Crippen molar-refractivity contribution in [2.45, 2.75) is 64.2 Å². The van der Waals surface area contributed by atoms with Crippen LogP contribution in [-0.4, -0.2) is 0 Å². The Bertz CT molecular complexity index is 3580. The fourth-order valence-electron chi connectivity index (χ4n) is 11.9. The van der Waals surface area contributed by atoms with Gasteiger partial charge in [0.2, 0.25) is 0 Å². The molecule has 0 fully saturated rings. The Balaban J connectivity index is 1.05.